The molecule has 1 fully saturated rings. The van der Waals surface area contributed by atoms with Crippen LogP contribution in [0, 0.1) is 0 Å². The molecule has 31 heavy (non-hydrogen) atoms. The van der Waals surface area contributed by atoms with Crippen LogP contribution in [0.4, 0.5) is 4.79 Å². The summed E-state index contributed by atoms with van der Waals surface area (Å²) < 4.78 is 13.2. The van der Waals surface area contributed by atoms with Crippen LogP contribution in [0.25, 0.3) is 22.4 Å². The van der Waals surface area contributed by atoms with Crippen LogP contribution in [0.3, 0.4) is 0 Å². The van der Waals surface area contributed by atoms with Gasteiger partial charge in [0.2, 0.25) is 0 Å². The largest absolute Gasteiger partial charge is 0.444 e. The number of amides is 1. The van der Waals surface area contributed by atoms with Gasteiger partial charge in [0.1, 0.15) is 5.60 Å². The molecule has 0 aromatic carbocycles. The van der Waals surface area contributed by atoms with Gasteiger partial charge in [0.25, 0.3) is 0 Å². The number of fused-ring (bicyclic) bond motifs is 3. The van der Waals surface area contributed by atoms with Gasteiger partial charge in [-0.3, -0.25) is 4.40 Å². The monoisotopic (exact) mass is 423 g/mol. The molecule has 2 aliphatic heterocycles. The Labute approximate surface area is 181 Å². The molecule has 5 heterocycles. The smallest absolute Gasteiger partial charge is 0.410 e. The predicted molar refractivity (Wildman–Crippen MR) is 118 cm³/mol. The standard InChI is InChI=1S/C23H29N5O3/c1-23(2,3)31-22(29)27-8-4-5-16(13-27)18-14-28-19(26-18)12-25-21-20(28)17(11-24-21)15-6-9-30-10-7-15/h6,11-12,14,16,24H,4-5,7-10,13H2,1-3H3. The zero-order valence-electron chi connectivity index (χ0n) is 18.4. The summed E-state index contributed by atoms with van der Waals surface area (Å²) in [5.74, 6) is 0.181. The van der Waals surface area contributed by atoms with Crippen molar-refractivity contribution < 1.29 is 14.3 Å². The molecule has 164 valence electrons. The summed E-state index contributed by atoms with van der Waals surface area (Å²) in [5, 5.41) is 0. The number of aromatic amines is 1. The van der Waals surface area contributed by atoms with E-state index in [1.165, 1.54) is 5.57 Å². The zero-order valence-corrected chi connectivity index (χ0v) is 18.4. The van der Waals surface area contributed by atoms with Gasteiger partial charge in [-0.2, -0.15) is 0 Å². The van der Waals surface area contributed by atoms with Gasteiger partial charge in [-0.15, -0.1) is 0 Å². The van der Waals surface area contributed by atoms with Crippen LogP contribution in [-0.2, 0) is 9.47 Å². The molecule has 0 aliphatic carbocycles. The first-order chi connectivity index (χ1) is 14.9. The summed E-state index contributed by atoms with van der Waals surface area (Å²) in [4.78, 5) is 27.1. The highest BCUT2D eigenvalue weighted by Crippen LogP contribution is 2.31. The maximum Gasteiger partial charge on any atom is 0.410 e. The Balaban J connectivity index is 1.47. The molecule has 1 atom stereocenters. The van der Waals surface area contributed by atoms with E-state index in [0.717, 1.165) is 60.5 Å². The van der Waals surface area contributed by atoms with Crippen LogP contribution >= 0.6 is 0 Å². The summed E-state index contributed by atoms with van der Waals surface area (Å²) >= 11 is 0. The molecule has 1 amide bonds. The predicted octanol–water partition coefficient (Wildman–Crippen LogP) is 4.13. The normalized spacial score (nSPS) is 20.3. The summed E-state index contributed by atoms with van der Waals surface area (Å²) in [6.45, 7) is 8.42. The third kappa shape index (κ3) is 3.92. The van der Waals surface area contributed by atoms with E-state index in [9.17, 15) is 4.79 Å². The number of carbonyl (C=O) groups is 1. The molecule has 3 aromatic heterocycles. The second-order valence-corrected chi connectivity index (χ2v) is 9.37. The summed E-state index contributed by atoms with van der Waals surface area (Å²) in [5.41, 5.74) is 5.65. The number of aromatic nitrogens is 4. The number of H-pyrrole nitrogens is 1. The van der Waals surface area contributed by atoms with Gasteiger partial charge in [-0.05, 0) is 45.6 Å². The molecule has 1 saturated heterocycles. The number of nitrogens with one attached hydrogen (secondary N) is 1. The molecular formula is C23H29N5O3. The van der Waals surface area contributed by atoms with Crippen LogP contribution in [0.1, 0.15) is 57.2 Å². The van der Waals surface area contributed by atoms with E-state index >= 15 is 0 Å². The molecule has 8 heteroatoms. The van der Waals surface area contributed by atoms with Crippen molar-refractivity contribution in [2.45, 2.75) is 51.6 Å². The van der Waals surface area contributed by atoms with Gasteiger partial charge < -0.3 is 19.4 Å². The number of nitrogens with zero attached hydrogens (tertiary/aromatic N) is 4. The zero-order chi connectivity index (χ0) is 21.6. The van der Waals surface area contributed by atoms with Gasteiger partial charge in [0.05, 0.1) is 30.6 Å². The number of rotatable bonds is 2. The SMILES string of the molecule is CC(C)(C)OC(=O)N1CCCC(c2cn3c(cnc4[nH]cc(C5=CCOCC5)c43)n2)C1. The first-order valence-corrected chi connectivity index (χ1v) is 11.0. The minimum Gasteiger partial charge on any atom is -0.444 e. The summed E-state index contributed by atoms with van der Waals surface area (Å²) in [6.07, 6.45) is 10.7. The van der Waals surface area contributed by atoms with Crippen molar-refractivity contribution in [2.75, 3.05) is 26.3 Å². The van der Waals surface area contributed by atoms with E-state index in [4.69, 9.17) is 14.5 Å². The molecule has 1 N–H and O–H groups in total. The first-order valence-electron chi connectivity index (χ1n) is 11.0. The van der Waals surface area contributed by atoms with Crippen molar-refractivity contribution in [3.63, 3.8) is 0 Å². The number of hydrogen-bond donors (Lipinski definition) is 1. The van der Waals surface area contributed by atoms with Crippen molar-refractivity contribution in [3.05, 3.63) is 35.9 Å². The first kappa shape index (κ1) is 20.1. The van der Waals surface area contributed by atoms with E-state index in [2.05, 4.69) is 26.6 Å². The maximum absolute atomic E-state index is 12.6. The molecule has 8 nitrogen and oxygen atoms in total. The van der Waals surface area contributed by atoms with Gasteiger partial charge in [-0.25, -0.2) is 14.8 Å². The highest BCUT2D eigenvalue weighted by Gasteiger charge is 2.30. The third-order valence-corrected chi connectivity index (χ3v) is 5.94. The number of ether oxygens (including phenoxy) is 2. The fourth-order valence-electron chi connectivity index (χ4n) is 4.48. The van der Waals surface area contributed by atoms with E-state index in [-0.39, 0.29) is 12.0 Å². The van der Waals surface area contributed by atoms with Crippen LogP contribution in [-0.4, -0.2) is 62.3 Å². The Bertz CT molecular complexity index is 1150. The number of likely N-dealkylation sites (tertiary alicyclic amines) is 1. The lowest BCUT2D eigenvalue weighted by Gasteiger charge is -2.33. The van der Waals surface area contributed by atoms with E-state index in [0.29, 0.717) is 13.2 Å². The second-order valence-electron chi connectivity index (χ2n) is 9.37. The lowest BCUT2D eigenvalue weighted by atomic mass is 9.95. The molecule has 0 saturated carbocycles. The van der Waals surface area contributed by atoms with Gasteiger partial charge >= 0.3 is 6.09 Å². The summed E-state index contributed by atoms with van der Waals surface area (Å²) in [7, 11) is 0. The van der Waals surface area contributed by atoms with Crippen LogP contribution in [0.5, 0.6) is 0 Å². The van der Waals surface area contributed by atoms with Gasteiger partial charge in [0.15, 0.2) is 11.3 Å². The fraction of sp³-hybridized carbons (Fsp3) is 0.522. The van der Waals surface area contributed by atoms with Gasteiger partial charge in [0, 0.05) is 37.0 Å². The number of hydrogen-bond acceptors (Lipinski definition) is 5. The molecule has 0 bridgehead atoms. The lowest BCUT2D eigenvalue weighted by Crippen LogP contribution is -2.42. The van der Waals surface area contributed by atoms with Gasteiger partial charge in [-0.1, -0.05) is 6.08 Å². The van der Waals surface area contributed by atoms with Crippen LogP contribution in [0.2, 0.25) is 0 Å². The quantitative estimate of drug-likeness (QED) is 0.670. The van der Waals surface area contributed by atoms with E-state index in [1.54, 1.807) is 6.20 Å². The molecule has 3 aromatic rings. The Morgan fingerprint density at radius 1 is 1.35 bits per heavy atom. The molecule has 2 aliphatic rings. The van der Waals surface area contributed by atoms with Crippen molar-refractivity contribution in [3.8, 4) is 0 Å². The topological polar surface area (TPSA) is 84.8 Å². The molecular weight excluding hydrogens is 394 g/mol. The average molecular weight is 424 g/mol. The highest BCUT2D eigenvalue weighted by molar-refractivity contribution is 5.89. The molecule has 5 rings (SSSR count). The van der Waals surface area contributed by atoms with Crippen molar-refractivity contribution in [1.29, 1.82) is 0 Å². The minimum atomic E-state index is -0.492. The third-order valence-electron chi connectivity index (χ3n) is 5.94. The van der Waals surface area contributed by atoms with E-state index < -0.39 is 5.60 Å². The number of carbonyl (C=O) groups excluding carboxylic acids is 1. The Hall–Kier alpha value is -2.87. The van der Waals surface area contributed by atoms with Crippen molar-refractivity contribution >= 4 is 28.5 Å². The summed E-state index contributed by atoms with van der Waals surface area (Å²) in [6, 6.07) is 0. The lowest BCUT2D eigenvalue weighted by molar-refractivity contribution is 0.0197. The fourth-order valence-corrected chi connectivity index (χ4v) is 4.48. The number of piperidine rings is 1. The molecule has 0 spiro atoms. The Morgan fingerprint density at radius 3 is 3.00 bits per heavy atom. The highest BCUT2D eigenvalue weighted by atomic mass is 16.6. The Morgan fingerprint density at radius 2 is 2.23 bits per heavy atom. The number of imidazole rings is 1. The van der Waals surface area contributed by atoms with Crippen molar-refractivity contribution in [2.24, 2.45) is 0 Å². The second kappa shape index (κ2) is 7.67. The minimum absolute atomic E-state index is 0.181. The average Bonchev–Trinajstić information content (AvgIpc) is 3.37. The van der Waals surface area contributed by atoms with E-state index in [1.807, 2.05) is 31.9 Å². The molecule has 0 radical (unpaired) electrons. The molecule has 1 unspecified atom stereocenters. The van der Waals surface area contributed by atoms with Crippen LogP contribution in [0.15, 0.2) is 24.7 Å². The Kier molecular flexibility index (Phi) is 4.97. The van der Waals surface area contributed by atoms with Crippen LogP contribution < -0.4 is 0 Å². The van der Waals surface area contributed by atoms with Crippen molar-refractivity contribution in [1.82, 2.24) is 24.3 Å². The maximum atomic E-state index is 12.6.